The lowest BCUT2D eigenvalue weighted by atomic mass is 9.89. The number of rotatable bonds is 4. The Morgan fingerprint density at radius 3 is 2.79 bits per heavy atom. The highest BCUT2D eigenvalue weighted by Crippen LogP contribution is 2.36. The van der Waals surface area contributed by atoms with Crippen LogP contribution in [0.15, 0.2) is 48.7 Å². The van der Waals surface area contributed by atoms with E-state index in [0.29, 0.717) is 12.7 Å². The number of H-pyrrole nitrogens is 1. The molecule has 1 aromatic heterocycles. The van der Waals surface area contributed by atoms with E-state index in [1.54, 1.807) is 0 Å². The maximum Gasteiger partial charge on any atom is 0.231 e. The molecule has 2 aromatic carbocycles. The second kappa shape index (κ2) is 7.32. The third-order valence-electron chi connectivity index (χ3n) is 5.84. The summed E-state index contributed by atoms with van der Waals surface area (Å²) < 4.78 is 10.9. The summed E-state index contributed by atoms with van der Waals surface area (Å²) in [6.07, 6.45) is 4.26. The molecule has 3 heterocycles. The SMILES string of the molecule is Cc1cccc(-c2cn[nH]c2C2CCN(Cc3ccc4c(c3)OCO4)CC2)c1. The smallest absolute Gasteiger partial charge is 0.231 e. The summed E-state index contributed by atoms with van der Waals surface area (Å²) in [5.74, 6) is 2.25. The molecule has 1 saturated heterocycles. The number of ether oxygens (including phenoxy) is 2. The van der Waals surface area contributed by atoms with Crippen LogP contribution in [0.5, 0.6) is 11.5 Å². The number of hydrogen-bond acceptors (Lipinski definition) is 4. The Labute approximate surface area is 165 Å². The van der Waals surface area contributed by atoms with E-state index in [1.165, 1.54) is 27.9 Å². The van der Waals surface area contributed by atoms with Gasteiger partial charge < -0.3 is 9.47 Å². The van der Waals surface area contributed by atoms with Gasteiger partial charge in [0.25, 0.3) is 0 Å². The van der Waals surface area contributed by atoms with Gasteiger partial charge in [0.05, 0.1) is 6.20 Å². The zero-order chi connectivity index (χ0) is 18.9. The first-order valence-corrected chi connectivity index (χ1v) is 9.97. The highest BCUT2D eigenvalue weighted by Gasteiger charge is 2.25. The van der Waals surface area contributed by atoms with Crippen LogP contribution in [-0.2, 0) is 6.54 Å². The Morgan fingerprint density at radius 2 is 1.93 bits per heavy atom. The highest BCUT2D eigenvalue weighted by atomic mass is 16.7. The number of piperidine rings is 1. The molecular weight excluding hydrogens is 350 g/mol. The maximum atomic E-state index is 5.51. The largest absolute Gasteiger partial charge is 0.454 e. The first-order chi connectivity index (χ1) is 13.8. The second-order valence-corrected chi connectivity index (χ2v) is 7.80. The summed E-state index contributed by atoms with van der Waals surface area (Å²) in [5.41, 5.74) is 6.35. The van der Waals surface area contributed by atoms with Gasteiger partial charge >= 0.3 is 0 Å². The van der Waals surface area contributed by atoms with Crippen molar-refractivity contribution in [2.24, 2.45) is 0 Å². The van der Waals surface area contributed by atoms with Crippen LogP contribution >= 0.6 is 0 Å². The van der Waals surface area contributed by atoms with Crippen LogP contribution in [0.25, 0.3) is 11.1 Å². The van der Waals surface area contributed by atoms with Crippen molar-refractivity contribution in [3.8, 4) is 22.6 Å². The van der Waals surface area contributed by atoms with Crippen molar-refractivity contribution in [2.45, 2.75) is 32.2 Å². The van der Waals surface area contributed by atoms with Gasteiger partial charge in [-0.2, -0.15) is 5.10 Å². The molecule has 0 atom stereocenters. The third kappa shape index (κ3) is 3.38. The summed E-state index contributed by atoms with van der Waals surface area (Å²) in [7, 11) is 0. The van der Waals surface area contributed by atoms with Crippen molar-refractivity contribution >= 4 is 0 Å². The van der Waals surface area contributed by atoms with Crippen LogP contribution in [-0.4, -0.2) is 35.0 Å². The molecule has 5 rings (SSSR count). The highest BCUT2D eigenvalue weighted by molar-refractivity contribution is 5.66. The number of nitrogens with one attached hydrogen (secondary N) is 1. The topological polar surface area (TPSA) is 50.4 Å². The average molecular weight is 375 g/mol. The molecule has 5 heteroatoms. The van der Waals surface area contributed by atoms with E-state index >= 15 is 0 Å². The van der Waals surface area contributed by atoms with Gasteiger partial charge in [-0.3, -0.25) is 10.00 Å². The van der Waals surface area contributed by atoms with Crippen LogP contribution < -0.4 is 9.47 Å². The summed E-state index contributed by atoms with van der Waals surface area (Å²) in [6.45, 7) is 5.60. The summed E-state index contributed by atoms with van der Waals surface area (Å²) in [6, 6.07) is 14.9. The second-order valence-electron chi connectivity index (χ2n) is 7.80. The van der Waals surface area contributed by atoms with Gasteiger partial charge in [0.15, 0.2) is 11.5 Å². The zero-order valence-electron chi connectivity index (χ0n) is 16.1. The summed E-state index contributed by atoms with van der Waals surface area (Å²) in [5, 5.41) is 7.65. The Morgan fingerprint density at radius 1 is 1.07 bits per heavy atom. The number of aryl methyl sites for hydroxylation is 1. The van der Waals surface area contributed by atoms with Crippen LogP contribution in [0.3, 0.4) is 0 Å². The molecule has 2 aliphatic heterocycles. The molecule has 0 bridgehead atoms. The van der Waals surface area contributed by atoms with Gasteiger partial charge in [0.2, 0.25) is 6.79 Å². The van der Waals surface area contributed by atoms with E-state index in [2.05, 4.69) is 58.4 Å². The summed E-state index contributed by atoms with van der Waals surface area (Å²) >= 11 is 0. The third-order valence-corrected chi connectivity index (χ3v) is 5.84. The minimum Gasteiger partial charge on any atom is -0.454 e. The molecule has 0 radical (unpaired) electrons. The molecule has 144 valence electrons. The van der Waals surface area contributed by atoms with Crippen molar-refractivity contribution in [3.05, 3.63) is 65.5 Å². The number of aromatic amines is 1. The number of aromatic nitrogens is 2. The molecule has 0 unspecified atom stereocenters. The Hall–Kier alpha value is -2.79. The minimum absolute atomic E-state index is 0.331. The number of nitrogens with zero attached hydrogens (tertiary/aromatic N) is 2. The van der Waals surface area contributed by atoms with Crippen molar-refractivity contribution in [2.75, 3.05) is 19.9 Å². The average Bonchev–Trinajstić information content (AvgIpc) is 3.38. The fourth-order valence-electron chi connectivity index (χ4n) is 4.33. The molecule has 0 aliphatic carbocycles. The van der Waals surface area contributed by atoms with E-state index in [-0.39, 0.29) is 0 Å². The maximum absolute atomic E-state index is 5.51. The van der Waals surface area contributed by atoms with Crippen LogP contribution in [0.4, 0.5) is 0 Å². The first-order valence-electron chi connectivity index (χ1n) is 9.97. The number of benzene rings is 2. The Kier molecular flexibility index (Phi) is 4.53. The van der Waals surface area contributed by atoms with Crippen LogP contribution in [0, 0.1) is 6.92 Å². The lowest BCUT2D eigenvalue weighted by Crippen LogP contribution is -2.32. The van der Waals surface area contributed by atoms with Gasteiger partial charge in [-0.25, -0.2) is 0 Å². The first kappa shape index (κ1) is 17.3. The van der Waals surface area contributed by atoms with E-state index in [9.17, 15) is 0 Å². The molecule has 1 fully saturated rings. The Bertz CT molecular complexity index is 973. The molecule has 28 heavy (non-hydrogen) atoms. The van der Waals surface area contributed by atoms with Crippen molar-refractivity contribution in [1.29, 1.82) is 0 Å². The fourth-order valence-corrected chi connectivity index (χ4v) is 4.33. The number of hydrogen-bond donors (Lipinski definition) is 1. The van der Waals surface area contributed by atoms with Gasteiger partial charge in [0, 0.05) is 23.7 Å². The summed E-state index contributed by atoms with van der Waals surface area (Å²) in [4.78, 5) is 2.52. The van der Waals surface area contributed by atoms with E-state index in [0.717, 1.165) is 44.0 Å². The molecule has 5 nitrogen and oxygen atoms in total. The Balaban J connectivity index is 1.25. The molecule has 0 amide bonds. The number of likely N-dealkylation sites (tertiary alicyclic amines) is 1. The van der Waals surface area contributed by atoms with E-state index < -0.39 is 0 Å². The van der Waals surface area contributed by atoms with Crippen molar-refractivity contribution in [3.63, 3.8) is 0 Å². The monoisotopic (exact) mass is 375 g/mol. The van der Waals surface area contributed by atoms with Crippen molar-refractivity contribution in [1.82, 2.24) is 15.1 Å². The van der Waals surface area contributed by atoms with E-state index in [1.807, 2.05) is 12.3 Å². The molecular formula is C23H25N3O2. The van der Waals surface area contributed by atoms with Gasteiger partial charge in [-0.05, 0) is 56.1 Å². The standard InChI is InChI=1S/C23H25N3O2/c1-16-3-2-4-19(11-16)20-13-24-25-23(20)18-7-9-26(10-8-18)14-17-5-6-21-22(12-17)28-15-27-21/h2-6,11-13,18H,7-10,14-15H2,1H3,(H,24,25). The molecule has 3 aromatic rings. The predicted octanol–water partition coefficient (Wildman–Crippen LogP) is 4.49. The predicted molar refractivity (Wildman–Crippen MR) is 109 cm³/mol. The zero-order valence-corrected chi connectivity index (χ0v) is 16.1. The minimum atomic E-state index is 0.331. The lowest BCUT2D eigenvalue weighted by molar-refractivity contribution is 0.173. The number of fused-ring (bicyclic) bond motifs is 1. The normalized spacial score (nSPS) is 17.2. The van der Waals surface area contributed by atoms with Crippen molar-refractivity contribution < 1.29 is 9.47 Å². The van der Waals surface area contributed by atoms with Crippen LogP contribution in [0.1, 0.15) is 35.6 Å². The molecule has 0 spiro atoms. The quantitative estimate of drug-likeness (QED) is 0.730. The molecule has 2 aliphatic rings. The molecule has 1 N–H and O–H groups in total. The fraction of sp³-hybridized carbons (Fsp3) is 0.348. The van der Waals surface area contributed by atoms with Gasteiger partial charge in [-0.1, -0.05) is 35.9 Å². The molecule has 0 saturated carbocycles. The van der Waals surface area contributed by atoms with E-state index in [4.69, 9.17) is 9.47 Å². The lowest BCUT2D eigenvalue weighted by Gasteiger charge is -2.32. The van der Waals surface area contributed by atoms with Gasteiger partial charge in [0.1, 0.15) is 0 Å². The van der Waals surface area contributed by atoms with Gasteiger partial charge in [-0.15, -0.1) is 0 Å². The van der Waals surface area contributed by atoms with Crippen LogP contribution in [0.2, 0.25) is 0 Å².